The third-order valence-electron chi connectivity index (χ3n) is 3.03. The second-order valence-corrected chi connectivity index (χ2v) is 6.29. The van der Waals surface area contributed by atoms with Crippen LogP contribution in [-0.4, -0.2) is 21.7 Å². The van der Waals surface area contributed by atoms with Gasteiger partial charge in [0.2, 0.25) is 0 Å². The van der Waals surface area contributed by atoms with E-state index in [1.54, 1.807) is 13.0 Å². The van der Waals surface area contributed by atoms with Crippen molar-refractivity contribution in [3.8, 4) is 10.6 Å². The molecule has 0 aliphatic carbocycles. The van der Waals surface area contributed by atoms with E-state index in [0.29, 0.717) is 18.0 Å². The summed E-state index contributed by atoms with van der Waals surface area (Å²) in [6, 6.07) is 5.03. The van der Waals surface area contributed by atoms with E-state index in [2.05, 4.69) is 29.4 Å². The average Bonchev–Trinajstić information content (AvgIpc) is 2.86. The fraction of sp³-hybridized carbons (Fsp3) is 0.429. The predicted molar refractivity (Wildman–Crippen MR) is 83.3 cm³/mol. The zero-order valence-corrected chi connectivity index (χ0v) is 13.1. The molecular formula is C14H18N4O2S. The monoisotopic (exact) mass is 306 g/mol. The zero-order valence-electron chi connectivity index (χ0n) is 12.3. The second-order valence-electron chi connectivity index (χ2n) is 5.23. The van der Waals surface area contributed by atoms with Gasteiger partial charge in [0, 0.05) is 23.7 Å². The molecule has 7 heteroatoms. The number of nitrogens with zero attached hydrogens (tertiary/aromatic N) is 3. The van der Waals surface area contributed by atoms with Crippen molar-refractivity contribution in [1.29, 1.82) is 0 Å². The zero-order chi connectivity index (χ0) is 15.4. The SMILES string of the molecule is Cc1c(-c2nnc(CNCC(C)C)s2)cccc1[N+](=O)[O-]. The molecule has 1 aromatic heterocycles. The van der Waals surface area contributed by atoms with Gasteiger partial charge in [-0.25, -0.2) is 0 Å². The highest BCUT2D eigenvalue weighted by Gasteiger charge is 2.17. The summed E-state index contributed by atoms with van der Waals surface area (Å²) < 4.78 is 0. The first-order valence-corrected chi connectivity index (χ1v) is 7.58. The van der Waals surface area contributed by atoms with Crippen LogP contribution in [0.25, 0.3) is 10.6 Å². The van der Waals surface area contributed by atoms with E-state index in [9.17, 15) is 10.1 Å². The minimum atomic E-state index is -0.370. The smallest absolute Gasteiger partial charge is 0.273 e. The molecule has 2 rings (SSSR count). The number of nitro groups is 1. The third kappa shape index (κ3) is 3.83. The van der Waals surface area contributed by atoms with Crippen LogP contribution in [-0.2, 0) is 6.54 Å². The highest BCUT2D eigenvalue weighted by atomic mass is 32.1. The molecule has 0 saturated heterocycles. The van der Waals surface area contributed by atoms with Crippen molar-refractivity contribution in [2.45, 2.75) is 27.3 Å². The molecule has 0 amide bonds. The molecular weight excluding hydrogens is 288 g/mol. The standard InChI is InChI=1S/C14H18N4O2S/c1-9(2)7-15-8-13-16-17-14(21-13)11-5-4-6-12(10(11)3)18(19)20/h4-6,9,15H,7-8H2,1-3H3. The van der Waals surface area contributed by atoms with E-state index in [1.807, 2.05) is 6.07 Å². The Bertz CT molecular complexity index is 640. The fourth-order valence-corrected chi connectivity index (χ4v) is 2.85. The topological polar surface area (TPSA) is 81.0 Å². The fourth-order valence-electron chi connectivity index (χ4n) is 1.95. The predicted octanol–water partition coefficient (Wildman–Crippen LogP) is 3.17. The van der Waals surface area contributed by atoms with E-state index >= 15 is 0 Å². The molecule has 0 aliphatic heterocycles. The Balaban J connectivity index is 2.18. The summed E-state index contributed by atoms with van der Waals surface area (Å²) in [6.45, 7) is 7.62. The molecule has 112 valence electrons. The summed E-state index contributed by atoms with van der Waals surface area (Å²) >= 11 is 1.46. The Labute approximate surface area is 127 Å². The number of hydrogen-bond acceptors (Lipinski definition) is 6. The molecule has 21 heavy (non-hydrogen) atoms. The maximum absolute atomic E-state index is 11.0. The molecule has 1 N–H and O–H groups in total. The molecule has 0 atom stereocenters. The van der Waals surface area contributed by atoms with Crippen molar-refractivity contribution in [3.05, 3.63) is 38.9 Å². The lowest BCUT2D eigenvalue weighted by molar-refractivity contribution is -0.385. The highest BCUT2D eigenvalue weighted by Crippen LogP contribution is 2.31. The van der Waals surface area contributed by atoms with E-state index in [0.717, 1.165) is 22.1 Å². The molecule has 0 bridgehead atoms. The minimum absolute atomic E-state index is 0.113. The number of hydrogen-bond donors (Lipinski definition) is 1. The lowest BCUT2D eigenvalue weighted by Gasteiger charge is -2.04. The van der Waals surface area contributed by atoms with Crippen LogP contribution in [0.1, 0.15) is 24.4 Å². The number of nitrogens with one attached hydrogen (secondary N) is 1. The quantitative estimate of drug-likeness (QED) is 0.655. The summed E-state index contributed by atoms with van der Waals surface area (Å²) in [5.41, 5.74) is 1.51. The number of rotatable bonds is 6. The summed E-state index contributed by atoms with van der Waals surface area (Å²) in [6.07, 6.45) is 0. The van der Waals surface area contributed by atoms with Crippen molar-refractivity contribution < 1.29 is 4.92 Å². The van der Waals surface area contributed by atoms with Gasteiger partial charge in [-0.3, -0.25) is 10.1 Å². The largest absolute Gasteiger partial charge is 0.310 e. The Hall–Kier alpha value is -1.86. The van der Waals surface area contributed by atoms with Crippen LogP contribution in [0.2, 0.25) is 0 Å². The van der Waals surface area contributed by atoms with Gasteiger partial charge in [0.1, 0.15) is 10.0 Å². The molecule has 0 aliphatic rings. The van der Waals surface area contributed by atoms with Gasteiger partial charge in [0.05, 0.1) is 4.92 Å². The summed E-state index contributed by atoms with van der Waals surface area (Å²) in [4.78, 5) is 10.6. The van der Waals surface area contributed by atoms with E-state index < -0.39 is 0 Å². The lowest BCUT2D eigenvalue weighted by Crippen LogP contribution is -2.18. The molecule has 0 radical (unpaired) electrons. The Morgan fingerprint density at radius 3 is 2.81 bits per heavy atom. The van der Waals surface area contributed by atoms with Gasteiger partial charge in [0.25, 0.3) is 5.69 Å². The van der Waals surface area contributed by atoms with Gasteiger partial charge in [-0.1, -0.05) is 37.3 Å². The van der Waals surface area contributed by atoms with Crippen molar-refractivity contribution in [3.63, 3.8) is 0 Å². The van der Waals surface area contributed by atoms with E-state index in [1.165, 1.54) is 17.4 Å². The summed E-state index contributed by atoms with van der Waals surface area (Å²) in [5.74, 6) is 0.580. The van der Waals surface area contributed by atoms with Gasteiger partial charge in [-0.15, -0.1) is 10.2 Å². The van der Waals surface area contributed by atoms with Crippen LogP contribution in [0.3, 0.4) is 0 Å². The number of benzene rings is 1. The Morgan fingerprint density at radius 1 is 1.38 bits per heavy atom. The van der Waals surface area contributed by atoms with Crippen LogP contribution >= 0.6 is 11.3 Å². The molecule has 0 saturated carbocycles. The van der Waals surface area contributed by atoms with Crippen LogP contribution in [0.4, 0.5) is 5.69 Å². The van der Waals surface area contributed by atoms with Crippen LogP contribution in [0.15, 0.2) is 18.2 Å². The molecule has 1 heterocycles. The summed E-state index contributed by atoms with van der Waals surface area (Å²) in [7, 11) is 0. The maximum atomic E-state index is 11.0. The normalized spacial score (nSPS) is 11.0. The van der Waals surface area contributed by atoms with E-state index in [4.69, 9.17) is 0 Å². The molecule has 1 aromatic carbocycles. The molecule has 0 unspecified atom stereocenters. The molecule has 0 fully saturated rings. The highest BCUT2D eigenvalue weighted by molar-refractivity contribution is 7.14. The Morgan fingerprint density at radius 2 is 2.14 bits per heavy atom. The first kappa shape index (κ1) is 15.5. The minimum Gasteiger partial charge on any atom is -0.310 e. The van der Waals surface area contributed by atoms with Gasteiger partial charge in [-0.05, 0) is 19.4 Å². The molecule has 0 spiro atoms. The first-order valence-electron chi connectivity index (χ1n) is 6.76. The average molecular weight is 306 g/mol. The number of nitro benzene ring substituents is 1. The Kier molecular flexibility index (Phi) is 4.98. The van der Waals surface area contributed by atoms with Crippen LogP contribution in [0, 0.1) is 23.0 Å². The lowest BCUT2D eigenvalue weighted by atomic mass is 10.1. The van der Waals surface area contributed by atoms with Gasteiger partial charge >= 0.3 is 0 Å². The summed E-state index contributed by atoms with van der Waals surface area (Å²) in [5, 5.41) is 24.2. The second kappa shape index (κ2) is 6.73. The van der Waals surface area contributed by atoms with Crippen molar-refractivity contribution in [2.24, 2.45) is 5.92 Å². The van der Waals surface area contributed by atoms with Crippen molar-refractivity contribution in [2.75, 3.05) is 6.54 Å². The molecule has 2 aromatic rings. The van der Waals surface area contributed by atoms with Crippen LogP contribution in [0.5, 0.6) is 0 Å². The number of aromatic nitrogens is 2. The maximum Gasteiger partial charge on any atom is 0.273 e. The molecule has 6 nitrogen and oxygen atoms in total. The van der Waals surface area contributed by atoms with Gasteiger partial charge < -0.3 is 5.32 Å². The van der Waals surface area contributed by atoms with Gasteiger partial charge in [0.15, 0.2) is 0 Å². The van der Waals surface area contributed by atoms with Gasteiger partial charge in [-0.2, -0.15) is 0 Å². The van der Waals surface area contributed by atoms with E-state index in [-0.39, 0.29) is 10.6 Å². The van der Waals surface area contributed by atoms with Crippen molar-refractivity contribution >= 4 is 17.0 Å². The third-order valence-corrected chi connectivity index (χ3v) is 3.98. The first-order chi connectivity index (χ1) is 9.99. The van der Waals surface area contributed by atoms with Crippen molar-refractivity contribution in [1.82, 2.24) is 15.5 Å². The van der Waals surface area contributed by atoms with Crippen LogP contribution < -0.4 is 5.32 Å².